The summed E-state index contributed by atoms with van der Waals surface area (Å²) >= 11 is 1.42. The third-order valence-electron chi connectivity index (χ3n) is 4.43. The highest BCUT2D eigenvalue weighted by Crippen LogP contribution is 2.38. The first kappa shape index (κ1) is 20.0. The Balaban J connectivity index is 1.85. The average Bonchev–Trinajstić information content (AvgIpc) is 3.06. The normalized spacial score (nSPS) is 10.9. The van der Waals surface area contributed by atoms with Crippen molar-refractivity contribution < 1.29 is 13.9 Å². The molecule has 0 aliphatic carbocycles. The summed E-state index contributed by atoms with van der Waals surface area (Å²) in [7, 11) is 3.17. The maximum Gasteiger partial charge on any atom is 0.254 e. The Kier molecular flexibility index (Phi) is 6.08. The fourth-order valence-electron chi connectivity index (χ4n) is 2.94. The summed E-state index contributed by atoms with van der Waals surface area (Å²) in [6.07, 6.45) is 0.660. The Hall–Kier alpha value is -2.74. The lowest BCUT2D eigenvalue weighted by Gasteiger charge is -2.09. The largest absolute Gasteiger partial charge is 0.493 e. The summed E-state index contributed by atoms with van der Waals surface area (Å²) in [5.41, 5.74) is 2.89. The van der Waals surface area contributed by atoms with E-state index in [2.05, 4.69) is 15.0 Å². The highest BCUT2D eigenvalue weighted by molar-refractivity contribution is 7.98. The zero-order chi connectivity index (χ0) is 20.3. The Morgan fingerprint density at radius 2 is 1.96 bits per heavy atom. The molecule has 7 nitrogen and oxygen atoms in total. The predicted octanol–water partition coefficient (Wildman–Crippen LogP) is 3.91. The summed E-state index contributed by atoms with van der Waals surface area (Å²) in [6.45, 7) is 5.66. The van der Waals surface area contributed by atoms with E-state index in [-0.39, 0.29) is 5.56 Å². The Labute approximate surface area is 167 Å². The molecule has 0 aliphatic rings. The van der Waals surface area contributed by atoms with Gasteiger partial charge < -0.3 is 18.9 Å². The van der Waals surface area contributed by atoms with E-state index in [9.17, 15) is 4.79 Å². The third-order valence-corrected chi connectivity index (χ3v) is 5.31. The van der Waals surface area contributed by atoms with Crippen LogP contribution in [-0.4, -0.2) is 29.2 Å². The molecule has 8 heteroatoms. The smallest absolute Gasteiger partial charge is 0.254 e. The monoisotopic (exact) mass is 401 g/mol. The van der Waals surface area contributed by atoms with E-state index in [1.165, 1.54) is 11.8 Å². The molecular formula is C20H23N3O4S. The highest BCUT2D eigenvalue weighted by Gasteiger charge is 2.18. The first-order valence-electron chi connectivity index (χ1n) is 8.88. The number of H-pyrrole nitrogens is 1. The van der Waals surface area contributed by atoms with Crippen LogP contribution in [0.5, 0.6) is 11.5 Å². The zero-order valence-electron chi connectivity index (χ0n) is 16.6. The van der Waals surface area contributed by atoms with Gasteiger partial charge in [-0.2, -0.15) is 0 Å². The average molecular weight is 401 g/mol. The molecule has 2 aromatic heterocycles. The lowest BCUT2D eigenvalue weighted by molar-refractivity contribution is 0.355. The summed E-state index contributed by atoms with van der Waals surface area (Å²) in [6, 6.07) is 5.55. The number of thioether (sulfide) groups is 1. The van der Waals surface area contributed by atoms with E-state index in [4.69, 9.17) is 13.9 Å². The van der Waals surface area contributed by atoms with Crippen molar-refractivity contribution in [1.82, 2.24) is 15.0 Å². The second-order valence-electron chi connectivity index (χ2n) is 6.14. The van der Waals surface area contributed by atoms with Crippen LogP contribution in [-0.2, 0) is 12.2 Å². The molecular weight excluding hydrogens is 378 g/mol. The van der Waals surface area contributed by atoms with Crippen molar-refractivity contribution in [2.45, 2.75) is 38.1 Å². The molecule has 0 atom stereocenters. The van der Waals surface area contributed by atoms with Crippen molar-refractivity contribution in [3.05, 3.63) is 51.3 Å². The van der Waals surface area contributed by atoms with Crippen LogP contribution in [0.4, 0.5) is 0 Å². The van der Waals surface area contributed by atoms with Gasteiger partial charge in [-0.15, -0.1) is 0 Å². The van der Waals surface area contributed by atoms with Crippen molar-refractivity contribution in [2.24, 2.45) is 0 Å². The van der Waals surface area contributed by atoms with Gasteiger partial charge in [0.05, 0.1) is 25.5 Å². The van der Waals surface area contributed by atoms with E-state index in [1.807, 2.05) is 39.0 Å². The van der Waals surface area contributed by atoms with E-state index in [1.54, 1.807) is 14.2 Å². The third kappa shape index (κ3) is 3.91. The number of aromatic nitrogens is 3. The van der Waals surface area contributed by atoms with Crippen LogP contribution in [0, 0.1) is 13.8 Å². The lowest BCUT2D eigenvalue weighted by Crippen LogP contribution is -2.16. The van der Waals surface area contributed by atoms with Gasteiger partial charge in [0.2, 0.25) is 5.89 Å². The van der Waals surface area contributed by atoms with Gasteiger partial charge in [0.25, 0.3) is 5.56 Å². The SMILES string of the molecule is CCc1c(C)nc(SCc2nc(-c3cccc(OC)c3OC)oc2C)[nH]c1=O. The van der Waals surface area contributed by atoms with Gasteiger partial charge in [-0.3, -0.25) is 4.79 Å². The van der Waals surface area contributed by atoms with Gasteiger partial charge in [-0.05, 0) is 32.4 Å². The molecule has 0 unspecified atom stereocenters. The number of hydrogen-bond donors (Lipinski definition) is 1. The molecule has 0 spiro atoms. The van der Waals surface area contributed by atoms with Gasteiger partial charge in [-0.25, -0.2) is 9.97 Å². The molecule has 0 bridgehead atoms. The number of benzene rings is 1. The highest BCUT2D eigenvalue weighted by atomic mass is 32.2. The fraction of sp³-hybridized carbons (Fsp3) is 0.350. The van der Waals surface area contributed by atoms with Gasteiger partial charge in [0.15, 0.2) is 16.7 Å². The number of ether oxygens (including phenoxy) is 2. The number of nitrogens with zero attached hydrogens (tertiary/aromatic N) is 2. The molecule has 1 N–H and O–H groups in total. The molecule has 0 radical (unpaired) electrons. The van der Waals surface area contributed by atoms with Crippen molar-refractivity contribution in [1.29, 1.82) is 0 Å². The molecule has 3 rings (SSSR count). The molecule has 3 aromatic rings. The minimum absolute atomic E-state index is 0.0869. The number of hydrogen-bond acceptors (Lipinski definition) is 7. The van der Waals surface area contributed by atoms with E-state index in [0.29, 0.717) is 40.5 Å². The van der Waals surface area contributed by atoms with E-state index >= 15 is 0 Å². The number of oxazole rings is 1. The van der Waals surface area contributed by atoms with Crippen LogP contribution in [0.1, 0.15) is 29.6 Å². The molecule has 0 aliphatic heterocycles. The Morgan fingerprint density at radius 1 is 1.18 bits per heavy atom. The summed E-state index contributed by atoms with van der Waals surface area (Å²) in [4.78, 5) is 24.0. The molecule has 2 heterocycles. The summed E-state index contributed by atoms with van der Waals surface area (Å²) in [5.74, 6) is 2.87. The predicted molar refractivity (Wildman–Crippen MR) is 108 cm³/mol. The lowest BCUT2D eigenvalue weighted by atomic mass is 10.2. The topological polar surface area (TPSA) is 90.2 Å². The maximum atomic E-state index is 12.1. The van der Waals surface area contributed by atoms with Gasteiger partial charge in [0.1, 0.15) is 5.76 Å². The molecule has 0 amide bonds. The van der Waals surface area contributed by atoms with Crippen LogP contribution < -0.4 is 15.0 Å². The minimum Gasteiger partial charge on any atom is -0.493 e. The second-order valence-corrected chi connectivity index (χ2v) is 7.10. The van der Waals surface area contributed by atoms with Crippen molar-refractivity contribution in [3.63, 3.8) is 0 Å². The van der Waals surface area contributed by atoms with Crippen LogP contribution in [0.3, 0.4) is 0 Å². The zero-order valence-corrected chi connectivity index (χ0v) is 17.4. The number of aryl methyl sites for hydroxylation is 2. The fourth-order valence-corrected chi connectivity index (χ4v) is 3.85. The number of nitrogens with one attached hydrogen (secondary N) is 1. The molecule has 0 saturated carbocycles. The summed E-state index contributed by atoms with van der Waals surface area (Å²) in [5, 5.41) is 0.572. The van der Waals surface area contributed by atoms with Crippen LogP contribution in [0.15, 0.2) is 32.6 Å². The molecule has 148 valence electrons. The first-order chi connectivity index (χ1) is 13.5. The minimum atomic E-state index is -0.0869. The number of methoxy groups -OCH3 is 2. The van der Waals surface area contributed by atoms with Crippen LogP contribution >= 0.6 is 11.8 Å². The Bertz CT molecular complexity index is 1040. The standard InChI is InChI=1S/C20H23N3O4S/c1-6-13-11(2)21-20(23-18(13)24)28-10-15-12(3)27-19(22-15)14-8-7-9-16(25-4)17(14)26-5/h7-9H,6,10H2,1-5H3,(H,21,23,24). The van der Waals surface area contributed by atoms with Crippen molar-refractivity contribution >= 4 is 11.8 Å². The van der Waals surface area contributed by atoms with E-state index < -0.39 is 0 Å². The van der Waals surface area contributed by atoms with Crippen LogP contribution in [0.25, 0.3) is 11.5 Å². The summed E-state index contributed by atoms with van der Waals surface area (Å²) < 4.78 is 16.7. The molecule has 0 fully saturated rings. The Morgan fingerprint density at radius 3 is 2.61 bits per heavy atom. The van der Waals surface area contributed by atoms with Gasteiger partial charge >= 0.3 is 0 Å². The first-order valence-corrected chi connectivity index (χ1v) is 9.87. The van der Waals surface area contributed by atoms with Gasteiger partial charge in [0, 0.05) is 17.0 Å². The van der Waals surface area contributed by atoms with E-state index in [0.717, 1.165) is 22.5 Å². The van der Waals surface area contributed by atoms with Crippen LogP contribution in [0.2, 0.25) is 0 Å². The number of rotatable bonds is 7. The number of para-hydroxylation sites is 1. The quantitative estimate of drug-likeness (QED) is 0.474. The molecule has 0 saturated heterocycles. The second kappa shape index (κ2) is 8.52. The maximum absolute atomic E-state index is 12.1. The number of aromatic amines is 1. The van der Waals surface area contributed by atoms with Crippen molar-refractivity contribution in [3.8, 4) is 23.0 Å². The molecule has 1 aromatic carbocycles. The van der Waals surface area contributed by atoms with Crippen molar-refractivity contribution in [2.75, 3.05) is 14.2 Å². The van der Waals surface area contributed by atoms with Gasteiger partial charge in [-0.1, -0.05) is 24.8 Å². The molecule has 28 heavy (non-hydrogen) atoms.